The van der Waals surface area contributed by atoms with Gasteiger partial charge in [0.05, 0.1) is 12.3 Å². The summed E-state index contributed by atoms with van der Waals surface area (Å²) in [7, 11) is 1.74. The van der Waals surface area contributed by atoms with Gasteiger partial charge in [-0.3, -0.25) is 0 Å². The van der Waals surface area contributed by atoms with Crippen LogP contribution < -0.4 is 5.69 Å². The number of aromatic nitrogens is 3. The van der Waals surface area contributed by atoms with Gasteiger partial charge in [0.25, 0.3) is 0 Å². The number of benzene rings is 1. The lowest BCUT2D eigenvalue weighted by atomic mass is 9.95. The summed E-state index contributed by atoms with van der Waals surface area (Å²) in [5, 5.41) is 4.57. The molecule has 0 bridgehead atoms. The largest absolute Gasteiger partial charge is 0.381 e. The minimum absolute atomic E-state index is 0.0632. The van der Waals surface area contributed by atoms with Crippen molar-refractivity contribution in [2.45, 2.75) is 25.2 Å². The van der Waals surface area contributed by atoms with Crippen molar-refractivity contribution in [3.05, 3.63) is 46.6 Å². The van der Waals surface area contributed by atoms with Gasteiger partial charge in [-0.05, 0) is 50.4 Å². The number of aryl methyl sites for hydroxylation is 1. The summed E-state index contributed by atoms with van der Waals surface area (Å²) in [5.74, 6) is 1.93. The molecule has 1 aromatic heterocycles. The first-order valence-electron chi connectivity index (χ1n) is 9.24. The molecule has 1 unspecified atom stereocenters. The van der Waals surface area contributed by atoms with Crippen LogP contribution in [0.5, 0.6) is 0 Å². The summed E-state index contributed by atoms with van der Waals surface area (Å²) in [4.78, 5) is 15.1. The highest BCUT2D eigenvalue weighted by molar-refractivity contribution is 5.32. The third-order valence-corrected chi connectivity index (χ3v) is 5.46. The van der Waals surface area contributed by atoms with Crippen molar-refractivity contribution in [2.75, 3.05) is 32.8 Å². The van der Waals surface area contributed by atoms with Crippen LogP contribution in [0.1, 0.15) is 31.0 Å². The van der Waals surface area contributed by atoms with Gasteiger partial charge in [-0.1, -0.05) is 18.2 Å². The molecule has 25 heavy (non-hydrogen) atoms. The molecule has 134 valence electrons. The van der Waals surface area contributed by atoms with Crippen LogP contribution in [0.15, 0.2) is 35.1 Å². The molecule has 0 aliphatic carbocycles. The molecule has 1 atom stereocenters. The summed E-state index contributed by atoms with van der Waals surface area (Å²) in [6.07, 6.45) is 3.29. The second-order valence-electron chi connectivity index (χ2n) is 7.24. The van der Waals surface area contributed by atoms with E-state index < -0.39 is 0 Å². The Hall–Kier alpha value is -1.92. The van der Waals surface area contributed by atoms with E-state index in [0.717, 1.165) is 57.2 Å². The zero-order chi connectivity index (χ0) is 17.2. The fraction of sp³-hybridized carbons (Fsp3) is 0.579. The van der Waals surface area contributed by atoms with E-state index in [1.54, 1.807) is 11.6 Å². The van der Waals surface area contributed by atoms with Gasteiger partial charge in [0.1, 0.15) is 5.82 Å². The third-order valence-electron chi connectivity index (χ3n) is 5.46. The molecule has 2 aliphatic rings. The number of hydrogen-bond acceptors (Lipinski definition) is 4. The number of rotatable bonds is 4. The smallest absolute Gasteiger partial charge is 0.350 e. The maximum atomic E-state index is 12.6. The van der Waals surface area contributed by atoms with Gasteiger partial charge in [0.2, 0.25) is 0 Å². The molecule has 2 aromatic rings. The van der Waals surface area contributed by atoms with Gasteiger partial charge in [0.15, 0.2) is 0 Å². The summed E-state index contributed by atoms with van der Waals surface area (Å²) in [5.41, 5.74) is 0.841. The van der Waals surface area contributed by atoms with Gasteiger partial charge in [0, 0.05) is 26.1 Å². The molecule has 2 fully saturated rings. The van der Waals surface area contributed by atoms with Crippen molar-refractivity contribution in [3.8, 4) is 5.69 Å². The van der Waals surface area contributed by atoms with Crippen molar-refractivity contribution >= 4 is 0 Å². The predicted molar refractivity (Wildman–Crippen MR) is 96.1 cm³/mol. The first kappa shape index (κ1) is 16.5. The highest BCUT2D eigenvalue weighted by atomic mass is 16.5. The lowest BCUT2D eigenvalue weighted by Gasteiger charge is -2.32. The van der Waals surface area contributed by atoms with Crippen LogP contribution in [0.4, 0.5) is 0 Å². The molecule has 1 aromatic carbocycles. The van der Waals surface area contributed by atoms with Gasteiger partial charge < -0.3 is 9.64 Å². The third kappa shape index (κ3) is 3.41. The topological polar surface area (TPSA) is 52.3 Å². The van der Waals surface area contributed by atoms with Gasteiger partial charge in [-0.25, -0.2) is 14.0 Å². The van der Waals surface area contributed by atoms with Crippen LogP contribution in [0, 0.1) is 5.92 Å². The average Bonchev–Trinajstić information content (AvgIpc) is 3.25. The van der Waals surface area contributed by atoms with Crippen molar-refractivity contribution in [2.24, 2.45) is 13.0 Å². The van der Waals surface area contributed by atoms with Gasteiger partial charge in [-0.15, -0.1) is 0 Å². The summed E-state index contributed by atoms with van der Waals surface area (Å²) < 4.78 is 8.74. The van der Waals surface area contributed by atoms with Crippen molar-refractivity contribution in [1.82, 2.24) is 19.2 Å². The quantitative estimate of drug-likeness (QED) is 0.850. The Kier molecular flexibility index (Phi) is 4.72. The fourth-order valence-electron chi connectivity index (χ4n) is 4.03. The number of hydrogen-bond donors (Lipinski definition) is 0. The number of nitrogens with zero attached hydrogens (tertiary/aromatic N) is 4. The Labute approximate surface area is 148 Å². The maximum Gasteiger partial charge on any atom is 0.350 e. The summed E-state index contributed by atoms with van der Waals surface area (Å²) in [6, 6.07) is 9.84. The molecule has 2 aliphatic heterocycles. The van der Waals surface area contributed by atoms with E-state index in [1.807, 2.05) is 30.3 Å². The highest BCUT2D eigenvalue weighted by Gasteiger charge is 2.28. The van der Waals surface area contributed by atoms with E-state index in [4.69, 9.17) is 4.74 Å². The molecule has 3 heterocycles. The Balaban J connectivity index is 1.50. The number of para-hydroxylation sites is 1. The molecule has 6 nitrogen and oxygen atoms in total. The normalized spacial score (nSPS) is 22.5. The lowest BCUT2D eigenvalue weighted by molar-refractivity contribution is 0.151. The predicted octanol–water partition coefficient (Wildman–Crippen LogP) is 1.79. The first-order valence-corrected chi connectivity index (χ1v) is 9.24. The Morgan fingerprint density at radius 2 is 1.92 bits per heavy atom. The zero-order valence-electron chi connectivity index (χ0n) is 14.8. The molecule has 0 amide bonds. The maximum absolute atomic E-state index is 12.6. The van der Waals surface area contributed by atoms with Crippen LogP contribution in [0.25, 0.3) is 5.69 Å². The van der Waals surface area contributed by atoms with E-state index >= 15 is 0 Å². The molecule has 0 N–H and O–H groups in total. The minimum atomic E-state index is -0.0632. The second-order valence-corrected chi connectivity index (χ2v) is 7.24. The zero-order valence-corrected chi connectivity index (χ0v) is 14.8. The van der Waals surface area contributed by atoms with Crippen LogP contribution in [-0.4, -0.2) is 52.1 Å². The van der Waals surface area contributed by atoms with Gasteiger partial charge in [-0.2, -0.15) is 5.10 Å². The monoisotopic (exact) mass is 342 g/mol. The van der Waals surface area contributed by atoms with Gasteiger partial charge >= 0.3 is 5.69 Å². The van der Waals surface area contributed by atoms with Crippen LogP contribution in [0.2, 0.25) is 0 Å². The molecular formula is C19H26N4O2. The van der Waals surface area contributed by atoms with E-state index in [1.165, 1.54) is 11.1 Å². The van der Waals surface area contributed by atoms with E-state index in [9.17, 15) is 4.79 Å². The van der Waals surface area contributed by atoms with Crippen LogP contribution >= 0.6 is 0 Å². The standard InChI is InChI=1S/C19H26N4O2/c1-21-19(24)23(17-5-3-2-4-6-17)18(20-21)16-7-10-22(11-8-16)13-15-9-12-25-14-15/h2-6,15-16H,7-14H2,1H3. The van der Waals surface area contributed by atoms with Crippen molar-refractivity contribution in [1.29, 1.82) is 0 Å². The molecular weight excluding hydrogens is 316 g/mol. The highest BCUT2D eigenvalue weighted by Crippen LogP contribution is 2.28. The SMILES string of the molecule is Cn1nc(C2CCN(CC3CCOC3)CC2)n(-c2ccccc2)c1=O. The number of piperidine rings is 1. The van der Waals surface area contributed by atoms with E-state index in [2.05, 4.69) is 10.00 Å². The minimum Gasteiger partial charge on any atom is -0.381 e. The summed E-state index contributed by atoms with van der Waals surface area (Å²) >= 11 is 0. The molecule has 0 radical (unpaired) electrons. The van der Waals surface area contributed by atoms with Crippen LogP contribution in [-0.2, 0) is 11.8 Å². The average molecular weight is 342 g/mol. The second kappa shape index (κ2) is 7.14. The Bertz CT molecular complexity index is 753. The van der Waals surface area contributed by atoms with Crippen molar-refractivity contribution in [3.63, 3.8) is 0 Å². The number of ether oxygens (including phenoxy) is 1. The molecule has 4 rings (SSSR count). The fourth-order valence-corrected chi connectivity index (χ4v) is 4.03. The van der Waals surface area contributed by atoms with Crippen LogP contribution in [0.3, 0.4) is 0 Å². The lowest BCUT2D eigenvalue weighted by Crippen LogP contribution is -2.37. The molecule has 2 saturated heterocycles. The summed E-state index contributed by atoms with van der Waals surface area (Å²) in [6.45, 7) is 5.11. The first-order chi connectivity index (χ1) is 12.2. The number of likely N-dealkylation sites (tertiary alicyclic amines) is 1. The van der Waals surface area contributed by atoms with E-state index in [0.29, 0.717) is 11.8 Å². The molecule has 0 spiro atoms. The molecule has 6 heteroatoms. The Morgan fingerprint density at radius 3 is 2.60 bits per heavy atom. The Morgan fingerprint density at radius 1 is 1.16 bits per heavy atom. The van der Waals surface area contributed by atoms with Crippen molar-refractivity contribution < 1.29 is 4.74 Å². The van der Waals surface area contributed by atoms with E-state index in [-0.39, 0.29) is 5.69 Å². The molecule has 0 saturated carbocycles.